The van der Waals surface area contributed by atoms with Gasteiger partial charge in [-0.25, -0.2) is 4.98 Å². The lowest BCUT2D eigenvalue weighted by atomic mass is 10.1. The Hall–Kier alpha value is -2.58. The summed E-state index contributed by atoms with van der Waals surface area (Å²) in [4.78, 5) is 4.46. The van der Waals surface area contributed by atoms with E-state index in [1.807, 2.05) is 66.7 Å². The van der Waals surface area contributed by atoms with Crippen LogP contribution in [-0.2, 0) is 13.0 Å². The number of hydrogen-bond acceptors (Lipinski definition) is 4. The van der Waals surface area contributed by atoms with Gasteiger partial charge in [-0.2, -0.15) is 9.78 Å². The van der Waals surface area contributed by atoms with Gasteiger partial charge < -0.3 is 9.47 Å². The zero-order valence-electron chi connectivity index (χ0n) is 16.3. The molecule has 0 radical (unpaired) electrons. The fourth-order valence-corrected chi connectivity index (χ4v) is 3.53. The quantitative estimate of drug-likeness (QED) is 0.287. The topological polar surface area (TPSA) is 49.2 Å². The minimum Gasteiger partial charge on any atom is -0.497 e. The summed E-state index contributed by atoms with van der Waals surface area (Å²) in [6, 6.07) is 21.5. The van der Waals surface area contributed by atoms with Gasteiger partial charge in [0.2, 0.25) is 5.88 Å². The molecule has 0 saturated carbocycles. The Labute approximate surface area is 193 Å². The van der Waals surface area contributed by atoms with E-state index in [2.05, 4.69) is 27.6 Å². The van der Waals surface area contributed by atoms with E-state index in [0.717, 1.165) is 31.2 Å². The van der Waals surface area contributed by atoms with E-state index >= 15 is 0 Å². The van der Waals surface area contributed by atoms with Crippen molar-refractivity contribution in [3.8, 4) is 17.4 Å². The van der Waals surface area contributed by atoms with Crippen LogP contribution < -0.4 is 9.47 Å². The fraction of sp³-hybridized carbons (Fsp3) is 0.130. The van der Waals surface area contributed by atoms with Crippen molar-refractivity contribution in [2.45, 2.75) is 13.0 Å². The van der Waals surface area contributed by atoms with Gasteiger partial charge in [0.05, 0.1) is 12.8 Å². The molecule has 0 fully saturated rings. The molecule has 2 aromatic carbocycles. The molecular weight excluding hydrogens is 513 g/mol. The monoisotopic (exact) mass is 531 g/mol. The molecule has 4 aromatic rings. The van der Waals surface area contributed by atoms with Gasteiger partial charge in [0.1, 0.15) is 12.4 Å². The SMILES string of the molecule is COc1ccc(COc2cc(Cc3ccc(Cl)cc3)nn2-c2cc(I)ccn2)cc1. The second kappa shape index (κ2) is 9.49. The second-order valence-corrected chi connectivity index (χ2v) is 8.34. The van der Waals surface area contributed by atoms with Crippen LogP contribution in [0.25, 0.3) is 5.82 Å². The predicted molar refractivity (Wildman–Crippen MR) is 126 cm³/mol. The number of benzene rings is 2. The third kappa shape index (κ3) is 5.12. The fourth-order valence-electron chi connectivity index (χ4n) is 2.96. The minimum atomic E-state index is 0.417. The van der Waals surface area contributed by atoms with Gasteiger partial charge in [-0.15, -0.1) is 0 Å². The van der Waals surface area contributed by atoms with Gasteiger partial charge in [0, 0.05) is 27.3 Å². The molecule has 2 heterocycles. The number of rotatable bonds is 7. The van der Waals surface area contributed by atoms with Gasteiger partial charge in [0.15, 0.2) is 5.82 Å². The maximum Gasteiger partial charge on any atom is 0.218 e. The molecule has 7 heteroatoms. The Balaban J connectivity index is 1.60. The third-order valence-corrected chi connectivity index (χ3v) is 5.42. The number of halogens is 2. The first-order valence-electron chi connectivity index (χ1n) is 9.32. The third-order valence-electron chi connectivity index (χ3n) is 4.50. The van der Waals surface area contributed by atoms with Gasteiger partial charge in [-0.3, -0.25) is 0 Å². The molecule has 0 aliphatic carbocycles. The Morgan fingerprint density at radius 3 is 2.40 bits per heavy atom. The zero-order chi connectivity index (χ0) is 20.9. The molecule has 2 aromatic heterocycles. The molecule has 0 saturated heterocycles. The van der Waals surface area contributed by atoms with Crippen LogP contribution in [0.5, 0.6) is 11.6 Å². The lowest BCUT2D eigenvalue weighted by Gasteiger charge is -2.09. The van der Waals surface area contributed by atoms with Crippen LogP contribution in [0.4, 0.5) is 0 Å². The molecule has 30 heavy (non-hydrogen) atoms. The first kappa shape index (κ1) is 20.7. The molecule has 0 unspecified atom stereocenters. The van der Waals surface area contributed by atoms with Crippen LogP contribution >= 0.6 is 34.2 Å². The minimum absolute atomic E-state index is 0.417. The van der Waals surface area contributed by atoms with Gasteiger partial charge in [-0.1, -0.05) is 35.9 Å². The highest BCUT2D eigenvalue weighted by molar-refractivity contribution is 14.1. The first-order valence-corrected chi connectivity index (χ1v) is 10.8. The van der Waals surface area contributed by atoms with Crippen molar-refractivity contribution < 1.29 is 9.47 Å². The molecule has 0 N–H and O–H groups in total. The molecular formula is C23H19ClIN3O2. The van der Waals surface area contributed by atoms with Gasteiger partial charge >= 0.3 is 0 Å². The van der Waals surface area contributed by atoms with Gasteiger partial charge in [-0.05, 0) is 70.1 Å². The molecule has 0 aliphatic rings. The largest absolute Gasteiger partial charge is 0.497 e. The summed E-state index contributed by atoms with van der Waals surface area (Å²) in [7, 11) is 1.65. The van der Waals surface area contributed by atoms with Crippen molar-refractivity contribution in [3.05, 3.63) is 98.3 Å². The molecule has 0 amide bonds. The molecule has 5 nitrogen and oxygen atoms in total. The van der Waals surface area contributed by atoms with Crippen molar-refractivity contribution in [3.63, 3.8) is 0 Å². The van der Waals surface area contributed by atoms with Gasteiger partial charge in [0.25, 0.3) is 0 Å². The van der Waals surface area contributed by atoms with Crippen molar-refractivity contribution in [1.82, 2.24) is 14.8 Å². The Morgan fingerprint density at radius 2 is 1.70 bits per heavy atom. The van der Waals surface area contributed by atoms with Crippen molar-refractivity contribution in [2.24, 2.45) is 0 Å². The standard InChI is InChI=1S/C23H19ClIN3O2/c1-29-21-8-4-17(5-9-21)15-30-23-14-20(12-16-2-6-18(24)7-3-16)27-28(23)22-13-19(25)10-11-26-22/h2-11,13-14H,12,15H2,1H3. The number of hydrogen-bond donors (Lipinski definition) is 0. The average molecular weight is 532 g/mol. The van der Waals surface area contributed by atoms with Crippen LogP contribution in [0.15, 0.2) is 72.9 Å². The number of ether oxygens (including phenoxy) is 2. The Bertz CT molecular complexity index is 1130. The Kier molecular flexibility index (Phi) is 6.54. The van der Waals surface area contributed by atoms with Crippen molar-refractivity contribution in [1.29, 1.82) is 0 Å². The average Bonchev–Trinajstić information content (AvgIpc) is 3.17. The predicted octanol–water partition coefficient (Wildman–Crippen LogP) is 5.70. The first-order chi connectivity index (χ1) is 14.6. The highest BCUT2D eigenvalue weighted by Gasteiger charge is 2.13. The normalized spacial score (nSPS) is 10.8. The number of pyridine rings is 1. The summed E-state index contributed by atoms with van der Waals surface area (Å²) in [5.74, 6) is 2.18. The smallest absolute Gasteiger partial charge is 0.218 e. The lowest BCUT2D eigenvalue weighted by Crippen LogP contribution is -2.05. The summed E-state index contributed by atoms with van der Waals surface area (Å²) in [5.41, 5.74) is 3.06. The van der Waals surface area contributed by atoms with E-state index in [9.17, 15) is 0 Å². The van der Waals surface area contributed by atoms with Crippen molar-refractivity contribution in [2.75, 3.05) is 7.11 Å². The molecule has 4 rings (SSSR count). The van der Waals surface area contributed by atoms with Crippen molar-refractivity contribution >= 4 is 34.2 Å². The van der Waals surface area contributed by atoms with E-state index in [1.54, 1.807) is 18.0 Å². The van der Waals surface area contributed by atoms with Crippen LogP contribution in [0.3, 0.4) is 0 Å². The summed E-state index contributed by atoms with van der Waals surface area (Å²) < 4.78 is 14.2. The van der Waals surface area contributed by atoms with Crippen LogP contribution in [-0.4, -0.2) is 21.9 Å². The summed E-state index contributed by atoms with van der Waals surface area (Å²) in [6.45, 7) is 0.417. The lowest BCUT2D eigenvalue weighted by molar-refractivity contribution is 0.284. The number of aromatic nitrogens is 3. The zero-order valence-corrected chi connectivity index (χ0v) is 19.2. The van der Waals surface area contributed by atoms with Crippen LogP contribution in [0.1, 0.15) is 16.8 Å². The summed E-state index contributed by atoms with van der Waals surface area (Å²) >= 11 is 8.26. The maximum absolute atomic E-state index is 6.12. The number of methoxy groups -OCH3 is 1. The van der Waals surface area contributed by atoms with Crippen LogP contribution in [0.2, 0.25) is 5.02 Å². The molecule has 0 aliphatic heterocycles. The van der Waals surface area contributed by atoms with Crippen LogP contribution in [0, 0.1) is 3.57 Å². The van der Waals surface area contributed by atoms with E-state index in [4.69, 9.17) is 26.2 Å². The molecule has 0 spiro atoms. The molecule has 0 bridgehead atoms. The Morgan fingerprint density at radius 1 is 0.967 bits per heavy atom. The van der Waals surface area contributed by atoms with E-state index in [0.29, 0.717) is 24.7 Å². The molecule has 0 atom stereocenters. The second-order valence-electron chi connectivity index (χ2n) is 6.66. The summed E-state index contributed by atoms with van der Waals surface area (Å²) in [5, 5.41) is 5.47. The van der Waals surface area contributed by atoms with E-state index in [-0.39, 0.29) is 0 Å². The summed E-state index contributed by atoms with van der Waals surface area (Å²) in [6.07, 6.45) is 2.44. The highest BCUT2D eigenvalue weighted by Crippen LogP contribution is 2.23. The number of nitrogens with zero attached hydrogens (tertiary/aromatic N) is 3. The highest BCUT2D eigenvalue weighted by atomic mass is 127. The maximum atomic E-state index is 6.12. The molecule has 152 valence electrons. The van der Waals surface area contributed by atoms with E-state index in [1.165, 1.54) is 0 Å². The van der Waals surface area contributed by atoms with E-state index < -0.39 is 0 Å².